The molecule has 1 aromatic rings. The van der Waals surface area contributed by atoms with Crippen molar-refractivity contribution in [2.24, 2.45) is 0 Å². The first-order valence-electron chi connectivity index (χ1n) is 10.6. The summed E-state index contributed by atoms with van der Waals surface area (Å²) in [6, 6.07) is 4.58. The number of anilines is 1. The minimum absolute atomic E-state index is 0.318. The molecule has 0 N–H and O–H groups in total. The van der Waals surface area contributed by atoms with Crippen LogP contribution in [0.4, 0.5) is 10.6 Å². The van der Waals surface area contributed by atoms with Crippen LogP contribution in [0.2, 0.25) is 0 Å². The van der Waals surface area contributed by atoms with E-state index in [1.165, 1.54) is 37.8 Å². The van der Waals surface area contributed by atoms with Gasteiger partial charge in [-0.1, -0.05) is 32.8 Å². The van der Waals surface area contributed by atoms with Crippen molar-refractivity contribution in [3.05, 3.63) is 23.9 Å². The molecule has 0 spiro atoms. The van der Waals surface area contributed by atoms with E-state index in [1.807, 2.05) is 33.0 Å². The number of aromatic nitrogens is 1. The number of rotatable bonds is 8. The van der Waals surface area contributed by atoms with Crippen LogP contribution in [0.1, 0.15) is 84.7 Å². The average molecular weight is 376 g/mol. The van der Waals surface area contributed by atoms with E-state index >= 15 is 0 Å². The number of ether oxygens (including phenoxy) is 1. The minimum Gasteiger partial charge on any atom is -0.443 e. The highest BCUT2D eigenvalue weighted by Crippen LogP contribution is 2.32. The molecule has 5 heteroatoms. The van der Waals surface area contributed by atoms with Gasteiger partial charge in [0, 0.05) is 18.8 Å². The van der Waals surface area contributed by atoms with E-state index in [2.05, 4.69) is 29.8 Å². The fourth-order valence-corrected chi connectivity index (χ4v) is 3.52. The molecular formula is C22H37N3O2. The lowest BCUT2D eigenvalue weighted by Crippen LogP contribution is -2.38. The predicted octanol–water partition coefficient (Wildman–Crippen LogP) is 5.56. The van der Waals surface area contributed by atoms with Gasteiger partial charge in [0.1, 0.15) is 11.4 Å². The monoisotopic (exact) mass is 375 g/mol. The minimum atomic E-state index is -0.509. The van der Waals surface area contributed by atoms with Gasteiger partial charge in [0.15, 0.2) is 0 Å². The molecule has 1 saturated heterocycles. The Bertz CT molecular complexity index is 580. The second-order valence-corrected chi connectivity index (χ2v) is 8.48. The zero-order valence-electron chi connectivity index (χ0n) is 17.8. The lowest BCUT2D eigenvalue weighted by atomic mass is 10.1. The number of carbonyl (C=O) groups excluding carboxylic acids is 1. The fourth-order valence-electron chi connectivity index (χ4n) is 3.52. The molecule has 1 aromatic heterocycles. The topological polar surface area (TPSA) is 45.7 Å². The third kappa shape index (κ3) is 6.49. The molecule has 0 aliphatic carbocycles. The molecule has 2 rings (SSSR count). The Morgan fingerprint density at radius 2 is 2.00 bits per heavy atom. The summed E-state index contributed by atoms with van der Waals surface area (Å²) in [7, 11) is 0. The van der Waals surface area contributed by atoms with Gasteiger partial charge in [-0.3, -0.25) is 9.80 Å². The third-order valence-electron chi connectivity index (χ3n) is 4.94. The van der Waals surface area contributed by atoms with E-state index in [1.54, 1.807) is 4.90 Å². The molecule has 0 bridgehead atoms. The Kier molecular flexibility index (Phi) is 8.08. The smallest absolute Gasteiger partial charge is 0.416 e. The second kappa shape index (κ2) is 10.1. The van der Waals surface area contributed by atoms with Gasteiger partial charge in [-0.05, 0) is 71.2 Å². The summed E-state index contributed by atoms with van der Waals surface area (Å²) < 4.78 is 5.58. The molecule has 0 radical (unpaired) electrons. The maximum Gasteiger partial charge on any atom is 0.416 e. The molecule has 1 atom stereocenters. The van der Waals surface area contributed by atoms with Gasteiger partial charge >= 0.3 is 6.09 Å². The lowest BCUT2D eigenvalue weighted by Gasteiger charge is -2.27. The summed E-state index contributed by atoms with van der Waals surface area (Å²) in [6.07, 6.45) is 8.48. The van der Waals surface area contributed by atoms with Crippen LogP contribution in [-0.2, 0) is 4.74 Å². The van der Waals surface area contributed by atoms with Crippen LogP contribution in [0.15, 0.2) is 18.3 Å². The van der Waals surface area contributed by atoms with Gasteiger partial charge < -0.3 is 4.74 Å². The molecule has 5 nitrogen and oxygen atoms in total. The standard InChI is InChI=1S/C22H37N3O2/c1-6-8-14-24-15-10-11-19(24)18-12-13-20(23-17-18)25(16-9-7-2)21(26)27-22(3,4)5/h12-13,17,19H,6-11,14-16H2,1-5H3/t19-/m0/s1. The first-order chi connectivity index (χ1) is 12.9. The van der Waals surface area contributed by atoms with Crippen molar-refractivity contribution in [3.8, 4) is 0 Å². The Labute approximate surface area is 165 Å². The van der Waals surface area contributed by atoms with Crippen molar-refractivity contribution in [1.82, 2.24) is 9.88 Å². The van der Waals surface area contributed by atoms with Gasteiger partial charge in [0.25, 0.3) is 0 Å². The molecule has 1 amide bonds. The fraction of sp³-hybridized carbons (Fsp3) is 0.727. The molecule has 27 heavy (non-hydrogen) atoms. The molecule has 2 heterocycles. The van der Waals surface area contributed by atoms with Crippen molar-refractivity contribution >= 4 is 11.9 Å². The highest BCUT2D eigenvalue weighted by atomic mass is 16.6. The largest absolute Gasteiger partial charge is 0.443 e. The predicted molar refractivity (Wildman–Crippen MR) is 111 cm³/mol. The van der Waals surface area contributed by atoms with Crippen molar-refractivity contribution in [3.63, 3.8) is 0 Å². The van der Waals surface area contributed by atoms with Crippen LogP contribution < -0.4 is 4.90 Å². The molecular weight excluding hydrogens is 338 g/mol. The van der Waals surface area contributed by atoms with Crippen LogP contribution in [0.3, 0.4) is 0 Å². The number of likely N-dealkylation sites (tertiary alicyclic amines) is 1. The van der Waals surface area contributed by atoms with Crippen LogP contribution >= 0.6 is 0 Å². The number of hydrogen-bond donors (Lipinski definition) is 0. The molecule has 0 aromatic carbocycles. The number of hydrogen-bond acceptors (Lipinski definition) is 4. The molecule has 1 fully saturated rings. The van der Waals surface area contributed by atoms with Crippen LogP contribution in [0.5, 0.6) is 0 Å². The van der Waals surface area contributed by atoms with E-state index in [0.29, 0.717) is 18.4 Å². The Balaban J connectivity index is 2.12. The number of pyridine rings is 1. The SMILES string of the molecule is CCCCN(C(=O)OC(C)(C)C)c1ccc([C@@H]2CCCN2CCCC)cn1. The zero-order valence-corrected chi connectivity index (χ0v) is 17.8. The Morgan fingerprint density at radius 1 is 1.26 bits per heavy atom. The highest BCUT2D eigenvalue weighted by Gasteiger charge is 2.27. The number of amides is 1. The highest BCUT2D eigenvalue weighted by molar-refractivity contribution is 5.86. The van der Waals surface area contributed by atoms with Crippen molar-refractivity contribution in [2.45, 2.75) is 84.8 Å². The van der Waals surface area contributed by atoms with Gasteiger partial charge in [-0.15, -0.1) is 0 Å². The number of nitrogens with zero attached hydrogens (tertiary/aromatic N) is 3. The Hall–Kier alpha value is -1.62. The van der Waals surface area contributed by atoms with Gasteiger partial charge in [0.05, 0.1) is 0 Å². The van der Waals surface area contributed by atoms with E-state index in [9.17, 15) is 4.79 Å². The molecule has 0 saturated carbocycles. The number of carbonyl (C=O) groups is 1. The van der Waals surface area contributed by atoms with Crippen molar-refractivity contribution in [2.75, 3.05) is 24.5 Å². The molecule has 1 aliphatic heterocycles. The molecule has 152 valence electrons. The lowest BCUT2D eigenvalue weighted by molar-refractivity contribution is 0.0578. The first kappa shape index (κ1) is 21.7. The summed E-state index contributed by atoms with van der Waals surface area (Å²) in [4.78, 5) is 21.5. The molecule has 0 unspecified atom stereocenters. The first-order valence-corrected chi connectivity index (χ1v) is 10.6. The maximum absolute atomic E-state index is 12.6. The van der Waals surface area contributed by atoms with Gasteiger partial charge in [0.2, 0.25) is 0 Å². The summed E-state index contributed by atoms with van der Waals surface area (Å²) in [5, 5.41) is 0. The zero-order chi connectivity index (χ0) is 19.9. The van der Waals surface area contributed by atoms with E-state index in [0.717, 1.165) is 19.4 Å². The normalized spacial score (nSPS) is 17.9. The van der Waals surface area contributed by atoms with Crippen molar-refractivity contribution < 1.29 is 9.53 Å². The number of unbranched alkanes of at least 4 members (excludes halogenated alkanes) is 2. The van der Waals surface area contributed by atoms with E-state index in [-0.39, 0.29) is 6.09 Å². The van der Waals surface area contributed by atoms with Gasteiger partial charge in [-0.25, -0.2) is 9.78 Å². The van der Waals surface area contributed by atoms with E-state index in [4.69, 9.17) is 4.74 Å². The van der Waals surface area contributed by atoms with Crippen LogP contribution in [0, 0.1) is 0 Å². The average Bonchev–Trinajstić information content (AvgIpc) is 3.08. The van der Waals surface area contributed by atoms with Crippen LogP contribution in [0.25, 0.3) is 0 Å². The van der Waals surface area contributed by atoms with Gasteiger partial charge in [-0.2, -0.15) is 0 Å². The quantitative estimate of drug-likeness (QED) is 0.597. The second-order valence-electron chi connectivity index (χ2n) is 8.48. The summed E-state index contributed by atoms with van der Waals surface area (Å²) >= 11 is 0. The van der Waals surface area contributed by atoms with Crippen molar-refractivity contribution in [1.29, 1.82) is 0 Å². The maximum atomic E-state index is 12.6. The van der Waals surface area contributed by atoms with Crippen LogP contribution in [-0.4, -0.2) is 41.2 Å². The summed E-state index contributed by atoms with van der Waals surface area (Å²) in [6.45, 7) is 13.0. The third-order valence-corrected chi connectivity index (χ3v) is 4.94. The Morgan fingerprint density at radius 3 is 2.59 bits per heavy atom. The summed E-state index contributed by atoms with van der Waals surface area (Å²) in [5.74, 6) is 0.680. The molecule has 1 aliphatic rings. The van der Waals surface area contributed by atoms with E-state index < -0.39 is 5.60 Å². The summed E-state index contributed by atoms with van der Waals surface area (Å²) in [5.41, 5.74) is 0.748.